The fourth-order valence-corrected chi connectivity index (χ4v) is 3.11. The average molecular weight is 424 g/mol. The van der Waals surface area contributed by atoms with Gasteiger partial charge in [-0.1, -0.05) is 23.8 Å². The fraction of sp³-hybridized carbons (Fsp3) is 0.273. The number of pyridine rings is 1. The summed E-state index contributed by atoms with van der Waals surface area (Å²) in [6, 6.07) is 9.86. The smallest absolute Gasteiger partial charge is 0.325 e. The summed E-state index contributed by atoms with van der Waals surface area (Å²) in [5.41, 5.74) is 2.94. The number of carbonyl (C=O) groups is 3. The van der Waals surface area contributed by atoms with E-state index < -0.39 is 23.9 Å². The lowest BCUT2D eigenvalue weighted by atomic mass is 10.1. The van der Waals surface area contributed by atoms with Crippen molar-refractivity contribution in [3.8, 4) is 11.3 Å². The second-order valence-electron chi connectivity index (χ2n) is 6.99. The maximum absolute atomic E-state index is 12.7. The van der Waals surface area contributed by atoms with Crippen molar-refractivity contribution in [3.05, 3.63) is 53.7 Å². The average Bonchev–Trinajstić information content (AvgIpc) is 3.11. The van der Waals surface area contributed by atoms with Gasteiger partial charge in [-0.15, -0.1) is 0 Å². The van der Waals surface area contributed by atoms with Crippen LogP contribution in [0, 0.1) is 6.92 Å². The van der Waals surface area contributed by atoms with E-state index >= 15 is 0 Å². The number of fused-ring (bicyclic) bond motifs is 1. The quantitative estimate of drug-likeness (QED) is 0.475. The maximum Gasteiger partial charge on any atom is 0.325 e. The summed E-state index contributed by atoms with van der Waals surface area (Å²) >= 11 is 0. The Balaban J connectivity index is 2.10. The Morgan fingerprint density at radius 3 is 2.68 bits per heavy atom. The third-order valence-electron chi connectivity index (χ3n) is 4.61. The molecule has 2 heterocycles. The van der Waals surface area contributed by atoms with E-state index in [-0.39, 0.29) is 18.7 Å². The number of aryl methyl sites for hydroxylation is 1. The van der Waals surface area contributed by atoms with Crippen molar-refractivity contribution in [1.29, 1.82) is 0 Å². The highest BCUT2D eigenvalue weighted by molar-refractivity contribution is 6.02. The van der Waals surface area contributed by atoms with Crippen molar-refractivity contribution >= 4 is 29.3 Å². The van der Waals surface area contributed by atoms with E-state index in [1.54, 1.807) is 29.7 Å². The minimum absolute atomic E-state index is 0.0765. The van der Waals surface area contributed by atoms with Crippen molar-refractivity contribution < 1.29 is 24.2 Å². The fourth-order valence-electron chi connectivity index (χ4n) is 3.11. The number of aliphatic carboxylic acids is 1. The van der Waals surface area contributed by atoms with Gasteiger partial charge < -0.3 is 20.5 Å². The third kappa shape index (κ3) is 4.82. The van der Waals surface area contributed by atoms with Crippen LogP contribution in [-0.2, 0) is 14.3 Å². The lowest BCUT2D eigenvalue weighted by Crippen LogP contribution is -2.38. The molecule has 2 aromatic heterocycles. The molecule has 3 N–H and O–H groups in total. The van der Waals surface area contributed by atoms with E-state index in [1.165, 1.54) is 6.92 Å². The van der Waals surface area contributed by atoms with E-state index in [9.17, 15) is 14.4 Å². The summed E-state index contributed by atoms with van der Waals surface area (Å²) in [5.74, 6) is -1.59. The number of ether oxygens (including phenoxy) is 1. The molecule has 162 valence electrons. The van der Waals surface area contributed by atoms with Crippen LogP contribution in [0.15, 0.2) is 42.6 Å². The van der Waals surface area contributed by atoms with Gasteiger partial charge in [0, 0.05) is 11.8 Å². The molecule has 0 aliphatic rings. The van der Waals surface area contributed by atoms with Crippen molar-refractivity contribution in [2.75, 3.05) is 18.5 Å². The van der Waals surface area contributed by atoms with E-state index in [2.05, 4.69) is 15.6 Å². The Labute approximate surface area is 179 Å². The molecule has 0 spiro atoms. The molecule has 0 bridgehead atoms. The summed E-state index contributed by atoms with van der Waals surface area (Å²) in [4.78, 5) is 40.4. The van der Waals surface area contributed by atoms with Crippen molar-refractivity contribution in [3.63, 3.8) is 0 Å². The molecule has 9 heteroatoms. The van der Waals surface area contributed by atoms with Crippen molar-refractivity contribution in [1.82, 2.24) is 14.7 Å². The minimum atomic E-state index is -1.14. The summed E-state index contributed by atoms with van der Waals surface area (Å²) in [7, 11) is 0. The highest BCUT2D eigenvalue weighted by Gasteiger charge is 2.22. The Morgan fingerprint density at radius 1 is 1.23 bits per heavy atom. The number of hydrogen-bond acceptors (Lipinski definition) is 6. The Kier molecular flexibility index (Phi) is 6.54. The highest BCUT2D eigenvalue weighted by atomic mass is 16.5. The van der Waals surface area contributed by atoms with Gasteiger partial charge in [0.15, 0.2) is 5.65 Å². The lowest BCUT2D eigenvalue weighted by molar-refractivity contribution is -0.141. The first-order valence-corrected chi connectivity index (χ1v) is 9.83. The molecule has 3 aromatic rings. The van der Waals surface area contributed by atoms with Gasteiger partial charge in [0.05, 0.1) is 12.2 Å². The number of nitrogens with one attached hydrogen (secondary N) is 2. The van der Waals surface area contributed by atoms with Crippen LogP contribution in [0.2, 0.25) is 0 Å². The molecule has 1 atom stereocenters. The largest absolute Gasteiger partial charge is 0.480 e. The number of hydrogen-bond donors (Lipinski definition) is 3. The molecule has 1 amide bonds. The molecule has 9 nitrogen and oxygen atoms in total. The summed E-state index contributed by atoms with van der Waals surface area (Å²) < 4.78 is 6.66. The van der Waals surface area contributed by atoms with E-state index in [1.807, 2.05) is 31.2 Å². The van der Waals surface area contributed by atoms with Gasteiger partial charge in [-0.05, 0) is 39.0 Å². The number of benzene rings is 1. The van der Waals surface area contributed by atoms with Gasteiger partial charge in [-0.3, -0.25) is 18.8 Å². The third-order valence-corrected chi connectivity index (χ3v) is 4.61. The number of carboxylic acid groups (broad SMARTS) is 1. The van der Waals surface area contributed by atoms with Gasteiger partial charge in [0.2, 0.25) is 0 Å². The molecule has 0 saturated carbocycles. The Bertz CT molecular complexity index is 1140. The standard InChI is InChI=1S/C22H24N4O5/c1-4-31-17(27)12-23-20-18(15-8-5-7-13(2)11-15)25-19-16(9-6-10-26(19)20)21(28)24-14(3)22(29)30/h5-11,14,23H,4,12H2,1-3H3,(H,24,28)(H,29,30). The number of amides is 1. The van der Waals surface area contributed by atoms with Gasteiger partial charge in [-0.2, -0.15) is 0 Å². The van der Waals surface area contributed by atoms with E-state index in [4.69, 9.17) is 9.84 Å². The molecule has 0 radical (unpaired) electrons. The second-order valence-corrected chi connectivity index (χ2v) is 6.99. The monoisotopic (exact) mass is 424 g/mol. The topological polar surface area (TPSA) is 122 Å². The molecule has 0 saturated heterocycles. The Hall–Kier alpha value is -3.88. The van der Waals surface area contributed by atoms with Gasteiger partial charge in [-0.25, -0.2) is 4.98 Å². The molecule has 1 aromatic carbocycles. The zero-order valence-corrected chi connectivity index (χ0v) is 17.5. The number of rotatable bonds is 8. The number of carboxylic acids is 1. The number of aromatic nitrogens is 2. The second kappa shape index (κ2) is 9.29. The Morgan fingerprint density at radius 2 is 2.00 bits per heavy atom. The van der Waals surface area contributed by atoms with Crippen LogP contribution in [0.5, 0.6) is 0 Å². The summed E-state index contributed by atoms with van der Waals surface area (Å²) in [6.07, 6.45) is 1.71. The highest BCUT2D eigenvalue weighted by Crippen LogP contribution is 2.30. The normalized spacial score (nSPS) is 11.7. The first kappa shape index (κ1) is 21.8. The molecule has 0 fully saturated rings. The number of esters is 1. The van der Waals surface area contributed by atoms with Crippen molar-refractivity contribution in [2.45, 2.75) is 26.8 Å². The SMILES string of the molecule is CCOC(=O)CNc1c(-c2cccc(C)c2)nc2c(C(=O)NC(C)C(=O)O)cccn12. The van der Waals surface area contributed by atoms with Crippen LogP contribution in [0.4, 0.5) is 5.82 Å². The zero-order chi connectivity index (χ0) is 22.5. The van der Waals surface area contributed by atoms with E-state index in [0.717, 1.165) is 11.1 Å². The predicted molar refractivity (Wildman–Crippen MR) is 115 cm³/mol. The molecule has 31 heavy (non-hydrogen) atoms. The van der Waals surface area contributed by atoms with Crippen LogP contribution >= 0.6 is 0 Å². The zero-order valence-electron chi connectivity index (χ0n) is 17.5. The number of nitrogens with zero attached hydrogens (tertiary/aromatic N) is 2. The van der Waals surface area contributed by atoms with Crippen LogP contribution in [-0.4, -0.2) is 51.5 Å². The van der Waals surface area contributed by atoms with Crippen LogP contribution in [0.3, 0.4) is 0 Å². The van der Waals surface area contributed by atoms with E-state index in [0.29, 0.717) is 17.2 Å². The lowest BCUT2D eigenvalue weighted by Gasteiger charge is -2.11. The van der Waals surface area contributed by atoms with Crippen LogP contribution < -0.4 is 10.6 Å². The first-order valence-electron chi connectivity index (χ1n) is 9.83. The van der Waals surface area contributed by atoms with Gasteiger partial charge >= 0.3 is 11.9 Å². The van der Waals surface area contributed by atoms with Crippen LogP contribution in [0.25, 0.3) is 16.9 Å². The van der Waals surface area contributed by atoms with Gasteiger partial charge in [0.1, 0.15) is 24.1 Å². The number of anilines is 1. The number of imidazole rings is 1. The molecule has 1 unspecified atom stereocenters. The minimum Gasteiger partial charge on any atom is -0.480 e. The molecular weight excluding hydrogens is 400 g/mol. The molecular formula is C22H24N4O5. The number of carbonyl (C=O) groups excluding carboxylic acids is 2. The van der Waals surface area contributed by atoms with Crippen molar-refractivity contribution in [2.24, 2.45) is 0 Å². The summed E-state index contributed by atoms with van der Waals surface area (Å²) in [6.45, 7) is 5.26. The molecule has 0 aliphatic heterocycles. The first-order chi connectivity index (χ1) is 14.8. The maximum atomic E-state index is 12.7. The van der Waals surface area contributed by atoms with Crippen LogP contribution in [0.1, 0.15) is 29.8 Å². The predicted octanol–water partition coefficient (Wildman–Crippen LogP) is 2.49. The van der Waals surface area contributed by atoms with Gasteiger partial charge in [0.25, 0.3) is 5.91 Å². The molecule has 3 rings (SSSR count). The molecule has 0 aliphatic carbocycles. The summed E-state index contributed by atoms with van der Waals surface area (Å²) in [5, 5.41) is 14.6.